The SMILES string of the molecule is CCN1C(=O)C[C@H](Nc2ccc(OC)c(Cl)c2)C1=O. The van der Waals surface area contributed by atoms with E-state index >= 15 is 0 Å². The number of carbonyl (C=O) groups is 2. The maximum atomic E-state index is 11.9. The van der Waals surface area contributed by atoms with Crippen LogP contribution < -0.4 is 10.1 Å². The molecule has 1 aliphatic heterocycles. The van der Waals surface area contributed by atoms with Gasteiger partial charge in [-0.25, -0.2) is 0 Å². The zero-order chi connectivity index (χ0) is 14.0. The van der Waals surface area contributed by atoms with Crippen LogP contribution in [0.1, 0.15) is 13.3 Å². The van der Waals surface area contributed by atoms with E-state index in [1.54, 1.807) is 25.1 Å². The quantitative estimate of drug-likeness (QED) is 0.857. The molecule has 0 aliphatic carbocycles. The van der Waals surface area contributed by atoms with E-state index in [-0.39, 0.29) is 18.2 Å². The fourth-order valence-electron chi connectivity index (χ4n) is 2.09. The van der Waals surface area contributed by atoms with Gasteiger partial charge in [0.25, 0.3) is 5.91 Å². The molecule has 0 saturated carbocycles. The maximum absolute atomic E-state index is 11.9. The smallest absolute Gasteiger partial charge is 0.252 e. The topological polar surface area (TPSA) is 58.6 Å². The summed E-state index contributed by atoms with van der Waals surface area (Å²) in [6.07, 6.45) is 0.177. The van der Waals surface area contributed by atoms with E-state index in [0.717, 1.165) is 0 Å². The summed E-state index contributed by atoms with van der Waals surface area (Å²) >= 11 is 6.01. The second-order valence-electron chi connectivity index (χ2n) is 4.23. The highest BCUT2D eigenvalue weighted by atomic mass is 35.5. The van der Waals surface area contributed by atoms with Gasteiger partial charge in [-0.15, -0.1) is 0 Å². The number of methoxy groups -OCH3 is 1. The summed E-state index contributed by atoms with van der Waals surface area (Å²) in [5.74, 6) is 0.222. The third-order valence-corrected chi connectivity index (χ3v) is 3.35. The number of carbonyl (C=O) groups excluding carboxylic acids is 2. The second kappa shape index (κ2) is 5.48. The van der Waals surface area contributed by atoms with Crippen LogP contribution in [0, 0.1) is 0 Å². The number of imide groups is 1. The Morgan fingerprint density at radius 2 is 2.21 bits per heavy atom. The third-order valence-electron chi connectivity index (χ3n) is 3.05. The number of halogens is 1. The lowest BCUT2D eigenvalue weighted by Crippen LogP contribution is -2.34. The van der Waals surface area contributed by atoms with E-state index in [1.165, 1.54) is 12.0 Å². The largest absolute Gasteiger partial charge is 0.495 e. The summed E-state index contributed by atoms with van der Waals surface area (Å²) in [6, 6.07) is 4.63. The van der Waals surface area contributed by atoms with Gasteiger partial charge in [-0.05, 0) is 25.1 Å². The first-order valence-corrected chi connectivity index (χ1v) is 6.39. The summed E-state index contributed by atoms with van der Waals surface area (Å²) in [7, 11) is 1.53. The molecule has 0 spiro atoms. The number of hydrogen-bond acceptors (Lipinski definition) is 4. The normalized spacial score (nSPS) is 18.9. The molecule has 102 valence electrons. The highest BCUT2D eigenvalue weighted by molar-refractivity contribution is 6.32. The molecule has 0 aromatic heterocycles. The van der Waals surface area contributed by atoms with E-state index in [1.807, 2.05) is 0 Å². The van der Waals surface area contributed by atoms with Crippen LogP contribution in [-0.4, -0.2) is 36.4 Å². The van der Waals surface area contributed by atoms with Gasteiger partial charge in [-0.3, -0.25) is 14.5 Å². The number of nitrogens with zero attached hydrogens (tertiary/aromatic N) is 1. The van der Waals surface area contributed by atoms with Crippen LogP contribution in [0.25, 0.3) is 0 Å². The zero-order valence-electron chi connectivity index (χ0n) is 10.8. The first-order chi connectivity index (χ1) is 9.06. The van der Waals surface area contributed by atoms with Crippen molar-refractivity contribution < 1.29 is 14.3 Å². The van der Waals surface area contributed by atoms with Crippen LogP contribution in [0.5, 0.6) is 5.75 Å². The van der Waals surface area contributed by atoms with E-state index < -0.39 is 6.04 Å². The molecule has 1 fully saturated rings. The Balaban J connectivity index is 2.12. The number of likely N-dealkylation sites (tertiary alicyclic amines) is 1. The third kappa shape index (κ3) is 2.66. The lowest BCUT2D eigenvalue weighted by Gasteiger charge is -2.14. The second-order valence-corrected chi connectivity index (χ2v) is 4.63. The standard InChI is InChI=1S/C13H15ClN2O3/c1-3-16-12(17)7-10(13(16)18)15-8-4-5-11(19-2)9(14)6-8/h4-6,10,15H,3,7H2,1-2H3/t10-/m0/s1. The summed E-state index contributed by atoms with van der Waals surface area (Å²) in [5, 5.41) is 3.48. The Bertz CT molecular complexity index is 519. The molecule has 5 nitrogen and oxygen atoms in total. The summed E-state index contributed by atoms with van der Waals surface area (Å²) < 4.78 is 5.05. The van der Waals surface area contributed by atoms with Crippen LogP contribution in [0.15, 0.2) is 18.2 Å². The monoisotopic (exact) mass is 282 g/mol. The number of rotatable bonds is 4. The summed E-state index contributed by atoms with van der Waals surface area (Å²) in [6.45, 7) is 2.18. The van der Waals surface area contributed by atoms with Crippen molar-refractivity contribution in [2.45, 2.75) is 19.4 Å². The van der Waals surface area contributed by atoms with Gasteiger partial charge >= 0.3 is 0 Å². The molecule has 2 rings (SSSR count). The summed E-state index contributed by atoms with van der Waals surface area (Å²) in [5.41, 5.74) is 0.690. The number of benzene rings is 1. The highest BCUT2D eigenvalue weighted by Crippen LogP contribution is 2.28. The molecule has 1 aliphatic rings. The fourth-order valence-corrected chi connectivity index (χ4v) is 2.34. The predicted octanol–water partition coefficient (Wildman–Crippen LogP) is 1.91. The molecule has 1 N–H and O–H groups in total. The van der Waals surface area contributed by atoms with Crippen LogP contribution in [-0.2, 0) is 9.59 Å². The minimum absolute atomic E-state index is 0.149. The van der Waals surface area contributed by atoms with Gasteiger partial charge in [-0.1, -0.05) is 11.6 Å². The van der Waals surface area contributed by atoms with Crippen molar-refractivity contribution in [3.63, 3.8) is 0 Å². The van der Waals surface area contributed by atoms with Crippen LogP contribution in [0.2, 0.25) is 5.02 Å². The average molecular weight is 283 g/mol. The Morgan fingerprint density at radius 3 is 2.74 bits per heavy atom. The van der Waals surface area contributed by atoms with Gasteiger partial charge in [0.2, 0.25) is 5.91 Å². The molecule has 19 heavy (non-hydrogen) atoms. The number of likely N-dealkylation sites (N-methyl/N-ethyl adjacent to an activating group) is 1. The molecule has 1 saturated heterocycles. The van der Waals surface area contributed by atoms with Gasteiger partial charge in [-0.2, -0.15) is 0 Å². The fraction of sp³-hybridized carbons (Fsp3) is 0.385. The average Bonchev–Trinajstić information content (AvgIpc) is 2.64. The molecule has 1 aromatic carbocycles. The van der Waals surface area contributed by atoms with E-state index in [4.69, 9.17) is 16.3 Å². The van der Waals surface area contributed by atoms with Crippen LogP contribution in [0.4, 0.5) is 5.69 Å². The molecule has 0 radical (unpaired) electrons. The molecule has 1 aromatic rings. The van der Waals surface area contributed by atoms with Crippen molar-refractivity contribution in [3.8, 4) is 5.75 Å². The Hall–Kier alpha value is -1.75. The number of anilines is 1. The minimum atomic E-state index is -0.517. The summed E-state index contributed by atoms with van der Waals surface area (Å²) in [4.78, 5) is 24.8. The number of hydrogen-bond donors (Lipinski definition) is 1. The van der Waals surface area contributed by atoms with Crippen molar-refractivity contribution >= 4 is 29.1 Å². The van der Waals surface area contributed by atoms with Crippen LogP contribution >= 0.6 is 11.6 Å². The first-order valence-electron chi connectivity index (χ1n) is 6.01. The molecular formula is C13H15ClN2O3. The van der Waals surface area contributed by atoms with Crippen molar-refractivity contribution in [1.29, 1.82) is 0 Å². The number of nitrogens with one attached hydrogen (secondary N) is 1. The van der Waals surface area contributed by atoms with E-state index in [9.17, 15) is 9.59 Å². The van der Waals surface area contributed by atoms with Gasteiger partial charge in [0.05, 0.1) is 18.6 Å². The molecule has 6 heteroatoms. The van der Waals surface area contributed by atoms with E-state index in [0.29, 0.717) is 23.0 Å². The zero-order valence-corrected chi connectivity index (χ0v) is 11.5. The van der Waals surface area contributed by atoms with Gasteiger partial charge < -0.3 is 10.1 Å². The Labute approximate surface area is 116 Å². The maximum Gasteiger partial charge on any atom is 0.252 e. The molecule has 1 heterocycles. The van der Waals surface area contributed by atoms with E-state index in [2.05, 4.69) is 5.32 Å². The predicted molar refractivity (Wildman–Crippen MR) is 72.4 cm³/mol. The van der Waals surface area contributed by atoms with Gasteiger partial charge in [0.15, 0.2) is 0 Å². The molecular weight excluding hydrogens is 268 g/mol. The van der Waals surface area contributed by atoms with Gasteiger partial charge in [0, 0.05) is 12.2 Å². The molecule has 1 atom stereocenters. The van der Waals surface area contributed by atoms with Crippen molar-refractivity contribution in [1.82, 2.24) is 4.90 Å². The lowest BCUT2D eigenvalue weighted by molar-refractivity contribution is -0.138. The Morgan fingerprint density at radius 1 is 1.47 bits per heavy atom. The highest BCUT2D eigenvalue weighted by Gasteiger charge is 2.37. The first kappa shape index (κ1) is 13.7. The molecule has 2 amide bonds. The lowest BCUT2D eigenvalue weighted by atomic mass is 10.2. The van der Waals surface area contributed by atoms with Crippen molar-refractivity contribution in [2.75, 3.05) is 19.0 Å². The van der Waals surface area contributed by atoms with Gasteiger partial charge in [0.1, 0.15) is 11.8 Å². The van der Waals surface area contributed by atoms with Crippen molar-refractivity contribution in [3.05, 3.63) is 23.2 Å². The number of ether oxygens (including phenoxy) is 1. The number of amides is 2. The minimum Gasteiger partial charge on any atom is -0.495 e. The molecule has 0 unspecified atom stereocenters. The van der Waals surface area contributed by atoms with Crippen LogP contribution in [0.3, 0.4) is 0 Å². The molecule has 0 bridgehead atoms. The van der Waals surface area contributed by atoms with Crippen molar-refractivity contribution in [2.24, 2.45) is 0 Å². The Kier molecular flexibility index (Phi) is 3.95.